The third-order valence-corrected chi connectivity index (χ3v) is 3.68. The number of carbonyl (C=O) groups is 1. The number of thiol groups is 1. The third-order valence-electron chi connectivity index (χ3n) is 3.11. The molecule has 0 saturated carbocycles. The van der Waals surface area contributed by atoms with E-state index in [4.69, 9.17) is 16.4 Å². The van der Waals surface area contributed by atoms with Gasteiger partial charge >= 0.3 is 0 Å². The molecular weight excluding hydrogens is 350 g/mol. The summed E-state index contributed by atoms with van der Waals surface area (Å²) in [6.07, 6.45) is 5.00. The Hall–Kier alpha value is -2.06. The zero-order valence-corrected chi connectivity index (χ0v) is 15.0. The number of rotatable bonds is 7. The van der Waals surface area contributed by atoms with Crippen molar-refractivity contribution in [3.63, 3.8) is 0 Å². The van der Waals surface area contributed by atoms with E-state index in [0.29, 0.717) is 18.8 Å². The predicted molar refractivity (Wildman–Crippen MR) is 97.3 cm³/mol. The van der Waals surface area contributed by atoms with Crippen molar-refractivity contribution < 1.29 is 9.63 Å². The topological polar surface area (TPSA) is 72.6 Å². The van der Waals surface area contributed by atoms with Crippen LogP contribution in [0.15, 0.2) is 35.9 Å². The van der Waals surface area contributed by atoms with Crippen LogP contribution in [0.2, 0.25) is 5.15 Å². The van der Waals surface area contributed by atoms with Crippen molar-refractivity contribution in [2.45, 2.75) is 13.8 Å². The Morgan fingerprint density at radius 1 is 1.50 bits per heavy atom. The van der Waals surface area contributed by atoms with Gasteiger partial charge in [0.05, 0.1) is 18.1 Å². The Morgan fingerprint density at radius 2 is 2.29 bits per heavy atom. The van der Waals surface area contributed by atoms with Gasteiger partial charge in [0.15, 0.2) is 10.9 Å². The predicted octanol–water partition coefficient (Wildman–Crippen LogP) is 2.60. The highest BCUT2D eigenvalue weighted by Crippen LogP contribution is 2.26. The summed E-state index contributed by atoms with van der Waals surface area (Å²) >= 11 is 10.4. The average Bonchev–Trinajstić information content (AvgIpc) is 2.99. The van der Waals surface area contributed by atoms with Gasteiger partial charge in [-0.2, -0.15) is 17.7 Å². The monoisotopic (exact) mass is 367 g/mol. The van der Waals surface area contributed by atoms with Crippen LogP contribution in [0, 0.1) is 0 Å². The molecule has 0 aliphatic rings. The van der Waals surface area contributed by atoms with Gasteiger partial charge in [-0.05, 0) is 26.0 Å². The summed E-state index contributed by atoms with van der Waals surface area (Å²) in [7, 11) is 0. The first-order chi connectivity index (χ1) is 11.6. The molecule has 2 rings (SSSR count). The van der Waals surface area contributed by atoms with Crippen molar-refractivity contribution >= 4 is 41.5 Å². The van der Waals surface area contributed by atoms with E-state index < -0.39 is 0 Å². The van der Waals surface area contributed by atoms with Crippen molar-refractivity contribution in [3.05, 3.63) is 35.9 Å². The number of anilines is 1. The fourth-order valence-corrected chi connectivity index (χ4v) is 2.43. The maximum absolute atomic E-state index is 12.7. The second-order valence-corrected chi connectivity index (χ2v) is 5.30. The molecule has 0 aliphatic carbocycles. The number of hydrogen-bond donors (Lipinski definition) is 1. The summed E-state index contributed by atoms with van der Waals surface area (Å²) < 4.78 is 1.57. The lowest BCUT2D eigenvalue weighted by atomic mass is 10.3. The van der Waals surface area contributed by atoms with E-state index in [9.17, 15) is 4.79 Å². The number of oxime groups is 1. The Bertz CT molecular complexity index is 720. The molecule has 128 valence electrons. The number of aromatic nitrogens is 3. The molecule has 1 amide bonds. The average molecular weight is 368 g/mol. The van der Waals surface area contributed by atoms with Crippen LogP contribution in [0.25, 0.3) is 5.69 Å². The maximum atomic E-state index is 12.7. The van der Waals surface area contributed by atoms with Crippen molar-refractivity contribution in [1.82, 2.24) is 14.8 Å². The molecule has 0 bridgehead atoms. The van der Waals surface area contributed by atoms with Crippen molar-refractivity contribution in [1.29, 1.82) is 0 Å². The molecule has 0 aromatic carbocycles. The zero-order valence-electron chi connectivity index (χ0n) is 13.4. The van der Waals surface area contributed by atoms with E-state index in [0.717, 1.165) is 5.69 Å². The SMILES string of the molecule is CCON=C(CS)C(=O)N(CC)c1cn(-c2cccnc2)nc1Cl. The molecule has 9 heteroatoms. The van der Waals surface area contributed by atoms with Crippen molar-refractivity contribution in [2.75, 3.05) is 23.8 Å². The van der Waals surface area contributed by atoms with Gasteiger partial charge in [0, 0.05) is 18.5 Å². The molecule has 0 N–H and O–H groups in total. The normalized spacial score (nSPS) is 11.4. The van der Waals surface area contributed by atoms with Crippen molar-refractivity contribution in [3.8, 4) is 5.69 Å². The van der Waals surface area contributed by atoms with Gasteiger partial charge in [0.2, 0.25) is 0 Å². The van der Waals surface area contributed by atoms with Crippen LogP contribution in [0.5, 0.6) is 0 Å². The zero-order chi connectivity index (χ0) is 17.5. The molecule has 0 atom stereocenters. The minimum atomic E-state index is -0.325. The Morgan fingerprint density at radius 3 is 2.88 bits per heavy atom. The van der Waals surface area contributed by atoms with Gasteiger partial charge in [0.1, 0.15) is 12.3 Å². The summed E-state index contributed by atoms with van der Waals surface area (Å²) in [6, 6.07) is 3.63. The highest BCUT2D eigenvalue weighted by atomic mass is 35.5. The van der Waals surface area contributed by atoms with Crippen LogP contribution < -0.4 is 4.90 Å². The lowest BCUT2D eigenvalue weighted by Crippen LogP contribution is -2.37. The molecule has 0 unspecified atom stereocenters. The standard InChI is InChI=1S/C15H18ClN5O2S/c1-3-20(15(22)12(10-24)19-23-4-2)13-9-21(18-14(13)16)11-6-5-7-17-8-11/h5-9,24H,3-4,10H2,1-2H3. The van der Waals surface area contributed by atoms with E-state index in [1.165, 1.54) is 4.90 Å². The third kappa shape index (κ3) is 4.07. The molecule has 0 spiro atoms. The van der Waals surface area contributed by atoms with Gasteiger partial charge in [-0.15, -0.1) is 0 Å². The highest BCUT2D eigenvalue weighted by molar-refractivity contribution is 7.81. The highest BCUT2D eigenvalue weighted by Gasteiger charge is 2.24. The van der Waals surface area contributed by atoms with E-state index in [-0.39, 0.29) is 22.5 Å². The Balaban J connectivity index is 2.34. The second kappa shape index (κ2) is 8.70. The van der Waals surface area contributed by atoms with Crippen LogP contribution in [-0.2, 0) is 9.63 Å². The number of pyridine rings is 1. The number of amides is 1. The number of hydrogen-bond acceptors (Lipinski definition) is 6. The summed E-state index contributed by atoms with van der Waals surface area (Å²) in [4.78, 5) is 23.2. The molecule has 0 fully saturated rings. The lowest BCUT2D eigenvalue weighted by molar-refractivity contribution is -0.112. The summed E-state index contributed by atoms with van der Waals surface area (Å²) in [5.41, 5.74) is 1.43. The maximum Gasteiger partial charge on any atom is 0.277 e. The second-order valence-electron chi connectivity index (χ2n) is 4.62. The minimum Gasteiger partial charge on any atom is -0.396 e. The van der Waals surface area contributed by atoms with E-state index in [2.05, 4.69) is 27.9 Å². The van der Waals surface area contributed by atoms with Crippen LogP contribution in [0.4, 0.5) is 5.69 Å². The quantitative estimate of drug-likeness (QED) is 0.464. The number of halogens is 1. The smallest absolute Gasteiger partial charge is 0.277 e. The first-order valence-electron chi connectivity index (χ1n) is 7.39. The van der Waals surface area contributed by atoms with Gasteiger partial charge in [-0.1, -0.05) is 16.8 Å². The molecule has 24 heavy (non-hydrogen) atoms. The number of nitrogens with zero attached hydrogens (tertiary/aromatic N) is 5. The van der Waals surface area contributed by atoms with Crippen LogP contribution in [0.3, 0.4) is 0 Å². The first-order valence-corrected chi connectivity index (χ1v) is 8.40. The van der Waals surface area contributed by atoms with E-state index >= 15 is 0 Å². The number of carbonyl (C=O) groups excluding carboxylic acids is 1. The molecule has 0 aliphatic heterocycles. The van der Waals surface area contributed by atoms with Crippen LogP contribution in [0.1, 0.15) is 13.8 Å². The van der Waals surface area contributed by atoms with Crippen LogP contribution in [-0.4, -0.2) is 45.3 Å². The fraction of sp³-hybridized carbons (Fsp3) is 0.333. The molecule has 2 aromatic rings. The van der Waals surface area contributed by atoms with Crippen molar-refractivity contribution in [2.24, 2.45) is 5.16 Å². The summed E-state index contributed by atoms with van der Waals surface area (Å²) in [5.74, 6) is -0.169. The molecule has 7 nitrogen and oxygen atoms in total. The fourth-order valence-electron chi connectivity index (χ4n) is 2.00. The lowest BCUT2D eigenvalue weighted by Gasteiger charge is -2.19. The van der Waals surface area contributed by atoms with Gasteiger partial charge in [-0.25, -0.2) is 4.68 Å². The van der Waals surface area contributed by atoms with E-state index in [1.54, 1.807) is 36.3 Å². The molecular formula is C15H18ClN5O2S. The first kappa shape index (κ1) is 18.3. The molecule has 0 saturated heterocycles. The molecule has 2 aromatic heterocycles. The summed E-state index contributed by atoms with van der Waals surface area (Å²) in [5, 5.41) is 8.27. The minimum absolute atomic E-state index is 0.156. The largest absolute Gasteiger partial charge is 0.396 e. The molecule has 0 radical (unpaired) electrons. The van der Waals surface area contributed by atoms with E-state index in [1.807, 2.05) is 13.0 Å². The Kier molecular flexibility index (Phi) is 6.62. The Labute approximate surface area is 150 Å². The summed E-state index contributed by atoms with van der Waals surface area (Å²) in [6.45, 7) is 4.40. The molecule has 2 heterocycles. The van der Waals surface area contributed by atoms with Gasteiger partial charge in [-0.3, -0.25) is 9.78 Å². The van der Waals surface area contributed by atoms with Gasteiger partial charge < -0.3 is 9.74 Å². The van der Waals surface area contributed by atoms with Crippen LogP contribution >= 0.6 is 24.2 Å². The van der Waals surface area contributed by atoms with Gasteiger partial charge in [0.25, 0.3) is 5.91 Å².